The number of fused-ring (bicyclic) bond motifs is 1. The minimum atomic E-state index is -0.958. The van der Waals surface area contributed by atoms with Crippen molar-refractivity contribution < 1.29 is 14.3 Å². The second-order valence-corrected chi connectivity index (χ2v) is 10.9. The highest BCUT2D eigenvalue weighted by Gasteiger charge is 2.22. The van der Waals surface area contributed by atoms with Gasteiger partial charge in [-0.1, -0.05) is 41.6 Å². The predicted octanol–water partition coefficient (Wildman–Crippen LogP) is 7.60. The van der Waals surface area contributed by atoms with E-state index in [4.69, 9.17) is 21.1 Å². The largest absolute Gasteiger partial charge is 0.481 e. The molecule has 0 bridgehead atoms. The molecular weight excluding hydrogens is 464 g/mol. The number of halogens is 1. The number of carbonyl (C=O) groups excluding carboxylic acids is 1. The van der Waals surface area contributed by atoms with Crippen LogP contribution in [-0.2, 0) is 9.53 Å². The molecule has 0 fully saturated rings. The first-order valence-electron chi connectivity index (χ1n) is 11.0. The molecule has 0 saturated heterocycles. The van der Waals surface area contributed by atoms with Gasteiger partial charge in [-0.15, -0.1) is 0 Å². The van der Waals surface area contributed by atoms with E-state index in [1.165, 1.54) is 15.0 Å². The van der Waals surface area contributed by atoms with E-state index in [0.29, 0.717) is 10.8 Å². The summed E-state index contributed by atoms with van der Waals surface area (Å²) < 4.78 is 12.8. The summed E-state index contributed by atoms with van der Waals surface area (Å²) in [4.78, 5) is 13.7. The maximum absolute atomic E-state index is 12.5. The van der Waals surface area contributed by atoms with E-state index >= 15 is 0 Å². The Balaban J connectivity index is 1.44. The molecule has 0 radical (unpaired) electrons. The lowest BCUT2D eigenvalue weighted by Crippen LogP contribution is -2.29. The third-order valence-corrected chi connectivity index (χ3v) is 7.50. The number of carbonyl (C=O) groups is 1. The van der Waals surface area contributed by atoms with Crippen molar-refractivity contribution in [3.8, 4) is 22.5 Å². The first kappa shape index (κ1) is 23.9. The monoisotopic (exact) mass is 489 g/mol. The number of benzene rings is 3. The van der Waals surface area contributed by atoms with Gasteiger partial charge in [0.1, 0.15) is 11.1 Å². The highest BCUT2D eigenvalue weighted by atomic mass is 35.5. The molecule has 4 aromatic rings. The average molecular weight is 490 g/mol. The number of thiophene rings is 1. The van der Waals surface area contributed by atoms with Crippen molar-refractivity contribution in [2.75, 3.05) is 6.61 Å². The quantitative estimate of drug-likeness (QED) is 0.164. The molecule has 1 aromatic heterocycles. The molecule has 34 heavy (non-hydrogen) atoms. The molecule has 1 unspecified atom stereocenters. The van der Waals surface area contributed by atoms with Gasteiger partial charge >= 0.3 is 5.97 Å². The zero-order valence-electron chi connectivity index (χ0n) is 19.6. The molecular formula is C29H26ClO3S+. The molecule has 172 valence electrons. The van der Waals surface area contributed by atoms with Crippen molar-refractivity contribution in [3.63, 3.8) is 0 Å². The SMILES string of the molecule is Cc1cc(-[s+]2ccc3ccccc32)cc(C)c1OCC(=O)OC(C)(C)C#Cc1cccc(Cl)c1. The van der Waals surface area contributed by atoms with Crippen LogP contribution < -0.4 is 4.74 Å². The average Bonchev–Trinajstić information content (AvgIpc) is 3.21. The van der Waals surface area contributed by atoms with Crippen LogP contribution in [0.15, 0.2) is 72.1 Å². The summed E-state index contributed by atoms with van der Waals surface area (Å²) in [6.45, 7) is 7.33. The summed E-state index contributed by atoms with van der Waals surface area (Å²) in [5, 5.41) is 4.13. The fourth-order valence-electron chi connectivity index (χ4n) is 3.76. The van der Waals surface area contributed by atoms with Crippen molar-refractivity contribution in [2.24, 2.45) is 0 Å². The summed E-state index contributed by atoms with van der Waals surface area (Å²) in [6, 6.07) is 22.2. The van der Waals surface area contributed by atoms with Gasteiger partial charge in [0.05, 0.1) is 0 Å². The van der Waals surface area contributed by atoms with Gasteiger partial charge in [0.25, 0.3) is 0 Å². The lowest BCUT2D eigenvalue weighted by Gasteiger charge is -2.19. The molecule has 0 N–H and O–H groups in total. The molecule has 5 heteroatoms. The minimum absolute atomic E-state index is 0.0916. The van der Waals surface area contributed by atoms with Crippen molar-refractivity contribution >= 4 is 38.1 Å². The number of esters is 1. The highest BCUT2D eigenvalue weighted by Crippen LogP contribution is 2.42. The first-order chi connectivity index (χ1) is 16.2. The van der Waals surface area contributed by atoms with Crippen LogP contribution in [-0.4, -0.2) is 18.2 Å². The number of rotatable bonds is 5. The van der Waals surface area contributed by atoms with E-state index in [1.54, 1.807) is 26.0 Å². The second kappa shape index (κ2) is 9.93. The van der Waals surface area contributed by atoms with Crippen LogP contribution in [0.25, 0.3) is 15.0 Å². The lowest BCUT2D eigenvalue weighted by atomic mass is 10.1. The molecule has 3 nitrogen and oxygen atoms in total. The summed E-state index contributed by atoms with van der Waals surface area (Å²) >= 11 is 6.00. The van der Waals surface area contributed by atoms with Crippen LogP contribution >= 0.6 is 22.1 Å². The zero-order valence-corrected chi connectivity index (χ0v) is 21.2. The van der Waals surface area contributed by atoms with E-state index in [2.05, 4.69) is 59.7 Å². The van der Waals surface area contributed by atoms with E-state index in [9.17, 15) is 4.79 Å². The number of hydrogen-bond donors (Lipinski definition) is 0. The maximum Gasteiger partial charge on any atom is 0.345 e. The number of hydrogen-bond acceptors (Lipinski definition) is 3. The van der Waals surface area contributed by atoms with Gasteiger partial charge in [-0.2, -0.15) is 0 Å². The molecule has 0 amide bonds. The fraction of sp³-hybridized carbons (Fsp3) is 0.207. The lowest BCUT2D eigenvalue weighted by molar-refractivity contribution is -0.154. The fourth-order valence-corrected chi connectivity index (χ4v) is 6.02. The van der Waals surface area contributed by atoms with E-state index < -0.39 is 11.6 Å². The Bertz CT molecular complexity index is 1400. The first-order valence-corrected chi connectivity index (χ1v) is 12.6. The molecule has 0 aliphatic heterocycles. The summed E-state index contributed by atoms with van der Waals surface area (Å²) in [6.07, 6.45) is 0. The topological polar surface area (TPSA) is 35.5 Å². The van der Waals surface area contributed by atoms with Crippen molar-refractivity contribution in [1.29, 1.82) is 0 Å². The summed E-state index contributed by atoms with van der Waals surface area (Å²) in [5.74, 6) is 6.24. The van der Waals surface area contributed by atoms with Gasteiger partial charge in [-0.3, -0.25) is 0 Å². The predicted molar refractivity (Wildman–Crippen MR) is 141 cm³/mol. The molecule has 3 aromatic carbocycles. The van der Waals surface area contributed by atoms with Crippen molar-refractivity contribution in [3.05, 3.63) is 93.8 Å². The van der Waals surface area contributed by atoms with Gasteiger partial charge < -0.3 is 9.47 Å². The Labute approximate surface area is 208 Å². The summed E-state index contributed by atoms with van der Waals surface area (Å²) in [7, 11) is -0.0916. The van der Waals surface area contributed by atoms with E-state index in [0.717, 1.165) is 16.7 Å². The van der Waals surface area contributed by atoms with Crippen LogP contribution in [0.1, 0.15) is 30.5 Å². The Hall–Kier alpha value is -3.26. The van der Waals surface area contributed by atoms with Crippen molar-refractivity contribution in [2.45, 2.75) is 33.3 Å². The number of aryl methyl sites for hydroxylation is 2. The van der Waals surface area contributed by atoms with Crippen LogP contribution in [0, 0.1) is 25.7 Å². The molecule has 0 aliphatic rings. The Morgan fingerprint density at radius 1 is 1.00 bits per heavy atom. The third-order valence-electron chi connectivity index (χ3n) is 5.26. The van der Waals surface area contributed by atoms with E-state index in [-0.39, 0.29) is 17.1 Å². The van der Waals surface area contributed by atoms with Crippen LogP contribution in [0.5, 0.6) is 5.75 Å². The third kappa shape index (κ3) is 5.62. The molecule has 0 saturated carbocycles. The van der Waals surface area contributed by atoms with Gasteiger partial charge in [0, 0.05) is 44.6 Å². The number of ether oxygens (including phenoxy) is 2. The molecule has 4 rings (SSSR count). The van der Waals surface area contributed by atoms with Crippen LogP contribution in [0.3, 0.4) is 0 Å². The molecule has 1 atom stereocenters. The van der Waals surface area contributed by atoms with Crippen molar-refractivity contribution in [1.82, 2.24) is 0 Å². The normalized spacial score (nSPS) is 11.6. The smallest absolute Gasteiger partial charge is 0.345 e. The molecule has 0 spiro atoms. The highest BCUT2D eigenvalue weighted by molar-refractivity contribution is 7.43. The van der Waals surface area contributed by atoms with E-state index in [1.807, 2.05) is 26.0 Å². The molecule has 0 aliphatic carbocycles. The van der Waals surface area contributed by atoms with Gasteiger partial charge in [0.2, 0.25) is 0 Å². The Morgan fingerprint density at radius 3 is 2.47 bits per heavy atom. The minimum Gasteiger partial charge on any atom is -0.481 e. The van der Waals surface area contributed by atoms with Gasteiger partial charge in [-0.05, 0) is 69.2 Å². The zero-order chi connectivity index (χ0) is 24.3. The van der Waals surface area contributed by atoms with Gasteiger partial charge in [0.15, 0.2) is 21.8 Å². The van der Waals surface area contributed by atoms with Gasteiger partial charge in [-0.25, -0.2) is 4.79 Å². The second-order valence-electron chi connectivity index (χ2n) is 8.60. The van der Waals surface area contributed by atoms with Crippen LogP contribution in [0.2, 0.25) is 5.02 Å². The standard InChI is InChI=1S/C29H26ClO3S/c1-20-16-25(34-15-13-23-9-5-6-11-26(23)34)17-21(2)28(20)32-19-27(31)33-29(3,4)14-12-22-8-7-10-24(30)18-22/h5-11,13,15-18H,19H2,1-4H3/q+1. The maximum atomic E-state index is 12.5. The summed E-state index contributed by atoms with van der Waals surface area (Å²) in [5.41, 5.74) is 1.79. The molecule has 1 heterocycles. The Morgan fingerprint density at radius 2 is 1.74 bits per heavy atom. The Kier molecular flexibility index (Phi) is 6.97. The van der Waals surface area contributed by atoms with Crippen LogP contribution in [0.4, 0.5) is 0 Å².